The molecular formula is C21H21N3O5. The highest BCUT2D eigenvalue weighted by molar-refractivity contribution is 6.21. The van der Waals surface area contributed by atoms with Gasteiger partial charge >= 0.3 is 12.0 Å². The quantitative estimate of drug-likeness (QED) is 0.577. The molecule has 1 heterocycles. The summed E-state index contributed by atoms with van der Waals surface area (Å²) in [6.07, 6.45) is 1.82. The first kappa shape index (κ1) is 20.1. The summed E-state index contributed by atoms with van der Waals surface area (Å²) in [6, 6.07) is 10.4. The van der Waals surface area contributed by atoms with Gasteiger partial charge < -0.3 is 15.5 Å². The summed E-state index contributed by atoms with van der Waals surface area (Å²) in [4.78, 5) is 54.2. The lowest BCUT2D eigenvalue weighted by Gasteiger charge is -2.14. The van der Waals surface area contributed by atoms with E-state index in [1.54, 1.807) is 25.1 Å². The fourth-order valence-electron chi connectivity index (χ4n) is 2.81. The average Bonchev–Trinajstić information content (AvgIpc) is 2.95. The van der Waals surface area contributed by atoms with Crippen molar-refractivity contribution in [1.29, 1.82) is 0 Å². The number of hydroxylamine groups is 2. The number of aryl methyl sites for hydroxylation is 1. The maximum Gasteiger partial charge on any atom is 0.364 e. The van der Waals surface area contributed by atoms with Crippen LogP contribution >= 0.6 is 0 Å². The zero-order valence-corrected chi connectivity index (χ0v) is 16.2. The van der Waals surface area contributed by atoms with Gasteiger partial charge in [-0.2, -0.15) is 0 Å². The monoisotopic (exact) mass is 395 g/mol. The van der Waals surface area contributed by atoms with E-state index in [9.17, 15) is 19.2 Å². The molecule has 2 aromatic rings. The molecule has 0 radical (unpaired) electrons. The molecule has 8 nitrogen and oxygen atoms in total. The van der Waals surface area contributed by atoms with Crippen LogP contribution < -0.4 is 10.6 Å². The van der Waals surface area contributed by atoms with Crippen molar-refractivity contribution in [2.45, 2.75) is 26.7 Å². The van der Waals surface area contributed by atoms with Crippen LogP contribution in [0.5, 0.6) is 0 Å². The van der Waals surface area contributed by atoms with Gasteiger partial charge in [0, 0.05) is 12.2 Å². The zero-order valence-electron chi connectivity index (χ0n) is 16.2. The van der Waals surface area contributed by atoms with Crippen LogP contribution in [0.15, 0.2) is 42.5 Å². The standard InChI is InChI=1S/C21H21N3O5/c1-3-4-11-22-21(28)23-17-12-14(10-9-13(17)2)20(27)29-24-18(25)15-7-5-6-8-16(15)19(24)26/h5-10,12H,3-4,11H2,1-2H3,(H2,22,23,28). The number of nitrogens with zero attached hydrogens (tertiary/aromatic N) is 1. The van der Waals surface area contributed by atoms with E-state index in [-0.39, 0.29) is 22.7 Å². The first-order chi connectivity index (χ1) is 13.9. The van der Waals surface area contributed by atoms with Crippen LogP contribution in [0.2, 0.25) is 0 Å². The Hall–Kier alpha value is -3.68. The predicted molar refractivity (Wildman–Crippen MR) is 105 cm³/mol. The molecule has 29 heavy (non-hydrogen) atoms. The van der Waals surface area contributed by atoms with E-state index in [2.05, 4.69) is 10.6 Å². The third-order valence-electron chi connectivity index (χ3n) is 4.47. The molecule has 0 unspecified atom stereocenters. The van der Waals surface area contributed by atoms with Crippen LogP contribution in [0.3, 0.4) is 0 Å². The molecule has 1 aliphatic rings. The Balaban J connectivity index is 1.71. The van der Waals surface area contributed by atoms with Crippen LogP contribution in [0.25, 0.3) is 0 Å². The minimum Gasteiger partial charge on any atom is -0.338 e. The average molecular weight is 395 g/mol. The number of carbonyl (C=O) groups excluding carboxylic acids is 4. The topological polar surface area (TPSA) is 105 Å². The van der Waals surface area contributed by atoms with Crippen LogP contribution in [0, 0.1) is 6.92 Å². The Bertz CT molecular complexity index is 951. The number of fused-ring (bicyclic) bond motifs is 1. The Kier molecular flexibility index (Phi) is 5.92. The number of benzene rings is 2. The smallest absolute Gasteiger partial charge is 0.338 e. The number of urea groups is 1. The molecule has 0 aromatic heterocycles. The second-order valence-corrected chi connectivity index (χ2v) is 6.59. The summed E-state index contributed by atoms with van der Waals surface area (Å²) in [5, 5.41) is 5.86. The van der Waals surface area contributed by atoms with Gasteiger partial charge in [-0.15, -0.1) is 0 Å². The van der Waals surface area contributed by atoms with E-state index in [1.165, 1.54) is 24.3 Å². The van der Waals surface area contributed by atoms with E-state index in [0.29, 0.717) is 17.3 Å². The Morgan fingerprint density at radius 3 is 2.31 bits per heavy atom. The van der Waals surface area contributed by atoms with Crippen molar-refractivity contribution in [2.24, 2.45) is 0 Å². The normalized spacial score (nSPS) is 12.6. The third-order valence-corrected chi connectivity index (χ3v) is 4.47. The minimum absolute atomic E-state index is 0.0935. The maximum absolute atomic E-state index is 12.5. The number of nitrogens with one attached hydrogen (secondary N) is 2. The lowest BCUT2D eigenvalue weighted by Crippen LogP contribution is -2.33. The Labute approximate surface area is 167 Å². The molecule has 8 heteroatoms. The van der Waals surface area contributed by atoms with Gasteiger partial charge in [-0.05, 0) is 43.2 Å². The van der Waals surface area contributed by atoms with Crippen molar-refractivity contribution in [3.63, 3.8) is 0 Å². The molecule has 3 rings (SSSR count). The molecule has 0 spiro atoms. The van der Waals surface area contributed by atoms with Crippen molar-refractivity contribution >= 4 is 29.5 Å². The molecule has 4 amide bonds. The lowest BCUT2D eigenvalue weighted by atomic mass is 10.1. The highest BCUT2D eigenvalue weighted by Gasteiger charge is 2.38. The highest BCUT2D eigenvalue weighted by atomic mass is 16.7. The number of rotatable bonds is 6. The molecular weight excluding hydrogens is 374 g/mol. The van der Waals surface area contributed by atoms with E-state index in [4.69, 9.17) is 4.84 Å². The largest absolute Gasteiger partial charge is 0.364 e. The van der Waals surface area contributed by atoms with Gasteiger partial charge in [-0.1, -0.05) is 36.6 Å². The first-order valence-corrected chi connectivity index (χ1v) is 9.28. The third kappa shape index (κ3) is 4.26. The molecule has 0 bridgehead atoms. The molecule has 2 aromatic carbocycles. The number of unbranched alkanes of at least 4 members (excludes halogenated alkanes) is 1. The summed E-state index contributed by atoms with van der Waals surface area (Å²) in [7, 11) is 0. The van der Waals surface area contributed by atoms with Gasteiger partial charge in [0.15, 0.2) is 0 Å². The number of imide groups is 1. The number of carbonyl (C=O) groups is 4. The summed E-state index contributed by atoms with van der Waals surface area (Å²) in [5.74, 6) is -2.27. The van der Waals surface area contributed by atoms with E-state index >= 15 is 0 Å². The molecule has 0 saturated heterocycles. The van der Waals surface area contributed by atoms with E-state index in [0.717, 1.165) is 18.4 Å². The summed E-state index contributed by atoms with van der Waals surface area (Å²) >= 11 is 0. The van der Waals surface area contributed by atoms with Crippen LogP contribution in [0.4, 0.5) is 10.5 Å². The minimum atomic E-state index is -0.881. The van der Waals surface area contributed by atoms with Gasteiger partial charge in [0.25, 0.3) is 11.8 Å². The molecule has 0 aliphatic carbocycles. The predicted octanol–water partition coefficient (Wildman–Crippen LogP) is 3.28. The number of amides is 4. The number of anilines is 1. The number of hydrogen-bond donors (Lipinski definition) is 2. The number of hydrogen-bond acceptors (Lipinski definition) is 5. The fraction of sp³-hybridized carbons (Fsp3) is 0.238. The van der Waals surface area contributed by atoms with Crippen LogP contribution in [-0.2, 0) is 4.84 Å². The summed E-state index contributed by atoms with van der Waals surface area (Å²) in [6.45, 7) is 4.34. The Morgan fingerprint density at radius 2 is 1.69 bits per heavy atom. The molecule has 1 aliphatic heterocycles. The zero-order chi connectivity index (χ0) is 21.0. The second kappa shape index (κ2) is 8.55. The van der Waals surface area contributed by atoms with Crippen molar-refractivity contribution in [3.8, 4) is 0 Å². The first-order valence-electron chi connectivity index (χ1n) is 9.28. The van der Waals surface area contributed by atoms with Crippen molar-refractivity contribution in [1.82, 2.24) is 10.4 Å². The highest BCUT2D eigenvalue weighted by Crippen LogP contribution is 2.24. The van der Waals surface area contributed by atoms with Gasteiger partial charge in [0.05, 0.1) is 16.7 Å². The molecule has 0 saturated carbocycles. The molecule has 2 N–H and O–H groups in total. The molecule has 0 fully saturated rings. The molecule has 0 atom stereocenters. The maximum atomic E-state index is 12.5. The summed E-state index contributed by atoms with van der Waals surface area (Å²) < 4.78 is 0. The van der Waals surface area contributed by atoms with Crippen LogP contribution in [0.1, 0.15) is 56.4 Å². The Morgan fingerprint density at radius 1 is 1.03 bits per heavy atom. The lowest BCUT2D eigenvalue weighted by molar-refractivity contribution is -0.0584. The summed E-state index contributed by atoms with van der Waals surface area (Å²) in [5.41, 5.74) is 1.63. The van der Waals surface area contributed by atoms with Gasteiger partial charge in [-0.25, -0.2) is 9.59 Å². The van der Waals surface area contributed by atoms with Gasteiger partial charge in [0.1, 0.15) is 0 Å². The van der Waals surface area contributed by atoms with E-state index in [1.807, 2.05) is 6.92 Å². The van der Waals surface area contributed by atoms with Crippen molar-refractivity contribution < 1.29 is 24.0 Å². The molecule has 150 valence electrons. The van der Waals surface area contributed by atoms with Crippen molar-refractivity contribution in [2.75, 3.05) is 11.9 Å². The van der Waals surface area contributed by atoms with Crippen molar-refractivity contribution in [3.05, 3.63) is 64.7 Å². The second-order valence-electron chi connectivity index (χ2n) is 6.59. The van der Waals surface area contributed by atoms with Crippen LogP contribution in [-0.4, -0.2) is 35.4 Å². The van der Waals surface area contributed by atoms with Gasteiger partial charge in [-0.3, -0.25) is 9.59 Å². The fourth-order valence-corrected chi connectivity index (χ4v) is 2.81. The SMILES string of the molecule is CCCCNC(=O)Nc1cc(C(=O)ON2C(=O)c3ccccc3C2=O)ccc1C. The van der Waals surface area contributed by atoms with E-state index < -0.39 is 17.8 Å². The van der Waals surface area contributed by atoms with Gasteiger partial charge in [0.2, 0.25) is 0 Å².